The summed E-state index contributed by atoms with van der Waals surface area (Å²) in [4.78, 5) is 55.4. The molecule has 0 aliphatic heterocycles. The number of amides is 4. The predicted octanol–water partition coefficient (Wildman–Crippen LogP) is 0.994. The number of benzene rings is 2. The molecule has 2 atom stereocenters. The van der Waals surface area contributed by atoms with Gasteiger partial charge in [-0.05, 0) is 50.2 Å². The molecular weight excluding hydrogens is 510 g/mol. The summed E-state index contributed by atoms with van der Waals surface area (Å²) in [6.07, 6.45) is 2.40. The van der Waals surface area contributed by atoms with Gasteiger partial charge >= 0.3 is 0 Å². The maximum Gasteiger partial charge on any atom is 0.246 e. The fourth-order valence-corrected chi connectivity index (χ4v) is 4.64. The molecule has 0 unspecified atom stereocenters. The van der Waals surface area contributed by atoms with E-state index in [1.165, 1.54) is 6.92 Å². The van der Waals surface area contributed by atoms with Gasteiger partial charge in [0.2, 0.25) is 23.6 Å². The number of aliphatic imine (C=N–C) groups is 1. The number of carbonyl (C=O) groups excluding carboxylic acids is 4. The molecule has 1 aliphatic carbocycles. The second-order valence-electron chi connectivity index (χ2n) is 10.1. The Morgan fingerprint density at radius 3 is 1.93 bits per heavy atom. The van der Waals surface area contributed by atoms with Gasteiger partial charge in [-0.3, -0.25) is 24.2 Å². The third-order valence-electron chi connectivity index (χ3n) is 6.93. The summed E-state index contributed by atoms with van der Waals surface area (Å²) in [6, 6.07) is 16.8. The summed E-state index contributed by atoms with van der Waals surface area (Å²) < 4.78 is 0. The fraction of sp³-hybridized carbons (Fsp3) is 0.414. The van der Waals surface area contributed by atoms with Gasteiger partial charge in [0.15, 0.2) is 5.96 Å². The number of nitrogens with one attached hydrogen (secondary N) is 4. The Morgan fingerprint density at radius 2 is 1.45 bits per heavy atom. The Morgan fingerprint density at radius 1 is 0.875 bits per heavy atom. The molecule has 11 heteroatoms. The lowest BCUT2D eigenvalue weighted by Gasteiger charge is -2.41. The summed E-state index contributed by atoms with van der Waals surface area (Å²) in [5.41, 5.74) is 11.6. The first-order chi connectivity index (χ1) is 19.1. The quantitative estimate of drug-likeness (QED) is 0.123. The van der Waals surface area contributed by atoms with E-state index in [2.05, 4.69) is 26.3 Å². The van der Waals surface area contributed by atoms with Gasteiger partial charge in [0.05, 0.1) is 6.04 Å². The Bertz CT molecular complexity index is 1160. The van der Waals surface area contributed by atoms with Crippen molar-refractivity contribution in [3.8, 4) is 0 Å². The van der Waals surface area contributed by atoms with Gasteiger partial charge in [-0.25, -0.2) is 0 Å². The zero-order chi connectivity index (χ0) is 29.1. The topological polar surface area (TPSA) is 181 Å². The normalized spacial score (nSPS) is 15.1. The van der Waals surface area contributed by atoms with E-state index in [0.717, 1.165) is 17.5 Å². The number of nitrogens with zero attached hydrogens (tertiary/aromatic N) is 1. The zero-order valence-corrected chi connectivity index (χ0v) is 23.0. The average Bonchev–Trinajstić information content (AvgIpc) is 2.91. The van der Waals surface area contributed by atoms with E-state index in [9.17, 15) is 19.2 Å². The minimum atomic E-state index is -1.04. The van der Waals surface area contributed by atoms with Gasteiger partial charge in [-0.1, -0.05) is 60.7 Å². The van der Waals surface area contributed by atoms with E-state index < -0.39 is 35.5 Å². The largest absolute Gasteiger partial charge is 0.370 e. The Balaban J connectivity index is 1.70. The minimum absolute atomic E-state index is 0.0687. The van der Waals surface area contributed by atoms with Gasteiger partial charge in [0.25, 0.3) is 0 Å². The predicted molar refractivity (Wildman–Crippen MR) is 153 cm³/mol. The zero-order valence-electron chi connectivity index (χ0n) is 23.0. The number of hydrogen-bond donors (Lipinski definition) is 6. The van der Waals surface area contributed by atoms with Crippen LogP contribution in [0.4, 0.5) is 0 Å². The van der Waals surface area contributed by atoms with Crippen LogP contribution in [-0.2, 0) is 19.2 Å². The lowest BCUT2D eigenvalue weighted by Crippen LogP contribution is -2.65. The van der Waals surface area contributed by atoms with E-state index >= 15 is 0 Å². The number of nitrogens with two attached hydrogens (primary N) is 2. The lowest BCUT2D eigenvalue weighted by atomic mass is 9.75. The van der Waals surface area contributed by atoms with Crippen LogP contribution < -0.4 is 32.7 Å². The third kappa shape index (κ3) is 8.29. The monoisotopic (exact) mass is 549 g/mol. The molecule has 1 aliphatic rings. The highest BCUT2D eigenvalue weighted by Gasteiger charge is 2.46. The second kappa shape index (κ2) is 14.1. The molecule has 2 aromatic carbocycles. The van der Waals surface area contributed by atoms with Crippen molar-refractivity contribution in [2.24, 2.45) is 16.5 Å². The Hall–Kier alpha value is -4.41. The SMILES string of the molecule is CC(=O)NC1(C(=O)N[C@@H](CCCN=C(N)N)C(=O)N[C@@H](C)C(=O)NC(c2ccccc2)c2ccccc2)CCC1. The maximum atomic E-state index is 13.3. The molecule has 40 heavy (non-hydrogen) atoms. The van der Waals surface area contributed by atoms with Crippen molar-refractivity contribution in [1.82, 2.24) is 21.3 Å². The molecule has 11 nitrogen and oxygen atoms in total. The Kier molecular flexibility index (Phi) is 10.6. The summed E-state index contributed by atoms with van der Waals surface area (Å²) in [5, 5.41) is 11.3. The van der Waals surface area contributed by atoms with Crippen molar-refractivity contribution in [1.29, 1.82) is 0 Å². The maximum absolute atomic E-state index is 13.3. The van der Waals surface area contributed by atoms with Crippen molar-refractivity contribution in [3.05, 3.63) is 71.8 Å². The molecule has 1 saturated carbocycles. The molecule has 0 saturated heterocycles. The van der Waals surface area contributed by atoms with Gasteiger partial charge in [-0.2, -0.15) is 0 Å². The number of carbonyl (C=O) groups is 4. The molecule has 0 aromatic heterocycles. The smallest absolute Gasteiger partial charge is 0.246 e. The van der Waals surface area contributed by atoms with E-state index in [0.29, 0.717) is 19.3 Å². The second-order valence-corrected chi connectivity index (χ2v) is 10.1. The number of guanidine groups is 1. The molecule has 8 N–H and O–H groups in total. The van der Waals surface area contributed by atoms with Crippen LogP contribution in [0.25, 0.3) is 0 Å². The van der Waals surface area contributed by atoms with Gasteiger partial charge in [0, 0.05) is 13.5 Å². The van der Waals surface area contributed by atoms with E-state index in [1.54, 1.807) is 6.92 Å². The average molecular weight is 550 g/mol. The van der Waals surface area contributed by atoms with Gasteiger partial charge in [0.1, 0.15) is 17.6 Å². The Labute approximate surface area is 234 Å². The van der Waals surface area contributed by atoms with Crippen LogP contribution in [0.5, 0.6) is 0 Å². The molecule has 0 spiro atoms. The van der Waals surface area contributed by atoms with Crippen LogP contribution in [0.2, 0.25) is 0 Å². The number of hydrogen-bond acceptors (Lipinski definition) is 5. The van der Waals surface area contributed by atoms with Crippen molar-refractivity contribution >= 4 is 29.6 Å². The molecule has 214 valence electrons. The van der Waals surface area contributed by atoms with Crippen molar-refractivity contribution in [2.75, 3.05) is 6.54 Å². The highest BCUT2D eigenvalue weighted by molar-refractivity contribution is 5.96. The minimum Gasteiger partial charge on any atom is -0.370 e. The summed E-state index contributed by atoms with van der Waals surface area (Å²) in [5.74, 6) is -1.72. The van der Waals surface area contributed by atoms with Crippen LogP contribution in [0.3, 0.4) is 0 Å². The molecule has 1 fully saturated rings. The van der Waals surface area contributed by atoms with E-state index in [1.807, 2.05) is 60.7 Å². The first kappa shape index (κ1) is 30.1. The first-order valence-electron chi connectivity index (χ1n) is 13.5. The molecule has 0 bridgehead atoms. The van der Waals surface area contributed by atoms with Crippen molar-refractivity contribution in [3.63, 3.8) is 0 Å². The molecule has 3 rings (SSSR count). The van der Waals surface area contributed by atoms with Gasteiger partial charge in [-0.15, -0.1) is 0 Å². The molecule has 0 heterocycles. The van der Waals surface area contributed by atoms with Crippen LogP contribution in [0.15, 0.2) is 65.7 Å². The highest BCUT2D eigenvalue weighted by atomic mass is 16.2. The molecular formula is C29H39N7O4. The van der Waals surface area contributed by atoms with Crippen LogP contribution in [-0.4, -0.2) is 53.8 Å². The first-order valence-corrected chi connectivity index (χ1v) is 13.5. The van der Waals surface area contributed by atoms with Crippen LogP contribution in [0.1, 0.15) is 63.1 Å². The fourth-order valence-electron chi connectivity index (χ4n) is 4.64. The van der Waals surface area contributed by atoms with Crippen molar-refractivity contribution < 1.29 is 19.2 Å². The number of rotatable bonds is 13. The van der Waals surface area contributed by atoms with Gasteiger partial charge < -0.3 is 32.7 Å². The lowest BCUT2D eigenvalue weighted by molar-refractivity contribution is -0.139. The van der Waals surface area contributed by atoms with Crippen molar-refractivity contribution in [2.45, 2.75) is 69.6 Å². The summed E-state index contributed by atoms with van der Waals surface area (Å²) >= 11 is 0. The van der Waals surface area contributed by atoms with Crippen LogP contribution >= 0.6 is 0 Å². The summed E-state index contributed by atoms with van der Waals surface area (Å²) in [7, 11) is 0. The summed E-state index contributed by atoms with van der Waals surface area (Å²) in [6.45, 7) is 3.21. The molecule has 4 amide bonds. The standard InChI is InChI=1S/C29H39N7O4/c1-19(25(38)35-24(21-11-5-3-6-12-21)22-13-7-4-8-14-22)33-26(39)23(15-9-18-32-28(30)31)34-27(40)29(16-10-17-29)36-20(2)37/h3-8,11-14,19,23-24H,9-10,15-18H2,1-2H3,(H,33,39)(H,34,40)(H,35,38)(H,36,37)(H4,30,31,32)/t19-,23-/m0/s1. The molecule has 0 radical (unpaired) electrons. The van der Waals surface area contributed by atoms with Crippen LogP contribution in [0, 0.1) is 0 Å². The van der Waals surface area contributed by atoms with E-state index in [-0.39, 0.29) is 30.7 Å². The highest BCUT2D eigenvalue weighted by Crippen LogP contribution is 2.32. The van der Waals surface area contributed by atoms with E-state index in [4.69, 9.17) is 11.5 Å². The third-order valence-corrected chi connectivity index (χ3v) is 6.93. The molecule has 2 aromatic rings.